The van der Waals surface area contributed by atoms with Crippen LogP contribution < -0.4 is 16.0 Å². The maximum absolute atomic E-state index is 5.62. The minimum atomic E-state index is 0.725. The summed E-state index contributed by atoms with van der Waals surface area (Å²) in [6.07, 6.45) is 10.9. The molecule has 3 aromatic heterocycles. The molecular weight excluding hydrogens is 388 g/mol. The number of piperazine rings is 1. The first-order valence-electron chi connectivity index (χ1n) is 11.4. The molecule has 3 aromatic rings. The molecule has 0 unspecified atom stereocenters. The van der Waals surface area contributed by atoms with Gasteiger partial charge in [-0.1, -0.05) is 6.07 Å². The van der Waals surface area contributed by atoms with Crippen LogP contribution in [0, 0.1) is 0 Å². The second kappa shape index (κ2) is 10.7. The summed E-state index contributed by atoms with van der Waals surface area (Å²) in [4.78, 5) is 18.2. The summed E-state index contributed by atoms with van der Waals surface area (Å²) in [6.45, 7) is 6.50. The number of hydrogen-bond acceptors (Lipinski definition) is 7. The van der Waals surface area contributed by atoms with E-state index >= 15 is 0 Å². The Labute approximate surface area is 184 Å². The van der Waals surface area contributed by atoms with Crippen LogP contribution in [0.1, 0.15) is 29.8 Å². The number of rotatable bonds is 5. The molecule has 1 aliphatic heterocycles. The number of hydrogen-bond donors (Lipinski definition) is 2. The zero-order chi connectivity index (χ0) is 21.5. The van der Waals surface area contributed by atoms with Crippen molar-refractivity contribution in [2.75, 3.05) is 51.2 Å². The molecule has 3 N–H and O–H groups in total. The number of imidazole rings is 1. The normalized spacial score (nSPS) is 16.6. The van der Waals surface area contributed by atoms with Crippen LogP contribution in [0.4, 0.5) is 5.95 Å². The van der Waals surface area contributed by atoms with Crippen molar-refractivity contribution in [3.63, 3.8) is 0 Å². The van der Waals surface area contributed by atoms with Gasteiger partial charge >= 0.3 is 0 Å². The number of nitrogens with one attached hydrogen (secondary N) is 1. The topological polar surface area (TPSA) is 87.6 Å². The summed E-state index contributed by atoms with van der Waals surface area (Å²) in [5.74, 6) is 0.981. The van der Waals surface area contributed by atoms with Crippen LogP contribution in [0.25, 0.3) is 5.65 Å². The predicted octanol–water partition coefficient (Wildman–Crippen LogP) is 1.49. The SMILES string of the molecule is CNCc1cn2c(N3CCN(CCN)CC3)nccc2n1.c1cnc2c(c1)CCCC2. The molecule has 1 aliphatic carbocycles. The van der Waals surface area contributed by atoms with E-state index in [1.165, 1.54) is 36.9 Å². The predicted molar refractivity (Wildman–Crippen MR) is 124 cm³/mol. The van der Waals surface area contributed by atoms with Gasteiger partial charge in [-0.2, -0.15) is 0 Å². The highest BCUT2D eigenvalue weighted by molar-refractivity contribution is 5.48. The first kappa shape index (κ1) is 21.7. The third-order valence-corrected chi connectivity index (χ3v) is 5.96. The summed E-state index contributed by atoms with van der Waals surface area (Å²) in [6, 6.07) is 6.18. The van der Waals surface area contributed by atoms with E-state index in [1.54, 1.807) is 0 Å². The van der Waals surface area contributed by atoms with Crippen molar-refractivity contribution < 1.29 is 0 Å². The number of fused-ring (bicyclic) bond motifs is 2. The standard InChI is InChI=1S/C14H23N7.C9H11N/c1-16-10-12-11-21-13(18-12)2-4-17-14(21)20-8-6-19(5-3-15)7-9-20;1-2-6-9-8(4-1)5-3-7-10-9/h2,4,11,16H,3,5-10,15H2,1H3;3,5,7H,1-2,4,6H2. The van der Waals surface area contributed by atoms with Crippen molar-refractivity contribution in [3.05, 3.63) is 53.7 Å². The van der Waals surface area contributed by atoms with Gasteiger partial charge in [-0.3, -0.25) is 14.3 Å². The molecule has 2 aliphatic rings. The van der Waals surface area contributed by atoms with E-state index in [9.17, 15) is 0 Å². The van der Waals surface area contributed by atoms with Crippen molar-refractivity contribution in [1.29, 1.82) is 0 Å². The molecule has 8 heteroatoms. The van der Waals surface area contributed by atoms with Crippen LogP contribution in [-0.2, 0) is 19.4 Å². The third-order valence-electron chi connectivity index (χ3n) is 5.96. The van der Waals surface area contributed by atoms with Crippen molar-refractivity contribution in [1.82, 2.24) is 29.6 Å². The average Bonchev–Trinajstić information content (AvgIpc) is 3.23. The molecule has 5 rings (SSSR count). The molecule has 166 valence electrons. The highest BCUT2D eigenvalue weighted by atomic mass is 15.3. The van der Waals surface area contributed by atoms with Crippen molar-refractivity contribution in [3.8, 4) is 0 Å². The molecule has 0 aromatic carbocycles. The highest BCUT2D eigenvalue weighted by Gasteiger charge is 2.19. The Bertz CT molecular complexity index is 936. The second-order valence-electron chi connectivity index (χ2n) is 8.17. The zero-order valence-electron chi connectivity index (χ0n) is 18.5. The number of aryl methyl sites for hydroxylation is 2. The molecule has 0 atom stereocenters. The Morgan fingerprint density at radius 2 is 1.87 bits per heavy atom. The molecular formula is C23H34N8. The first-order valence-corrected chi connectivity index (χ1v) is 11.4. The first-order chi connectivity index (χ1) is 15.3. The fourth-order valence-electron chi connectivity index (χ4n) is 4.34. The Morgan fingerprint density at radius 3 is 2.65 bits per heavy atom. The monoisotopic (exact) mass is 422 g/mol. The third kappa shape index (κ3) is 5.39. The van der Waals surface area contributed by atoms with Gasteiger partial charge in [0.05, 0.1) is 5.69 Å². The van der Waals surface area contributed by atoms with Crippen molar-refractivity contribution in [2.45, 2.75) is 32.2 Å². The van der Waals surface area contributed by atoms with E-state index in [1.807, 2.05) is 31.6 Å². The number of aromatic nitrogens is 4. The van der Waals surface area contributed by atoms with Gasteiger partial charge in [0, 0.05) is 70.1 Å². The minimum Gasteiger partial charge on any atom is -0.339 e. The van der Waals surface area contributed by atoms with Crippen LogP contribution in [-0.4, -0.2) is 70.6 Å². The van der Waals surface area contributed by atoms with Gasteiger partial charge in [0.1, 0.15) is 5.65 Å². The van der Waals surface area contributed by atoms with Crippen LogP contribution in [0.5, 0.6) is 0 Å². The molecule has 1 saturated heterocycles. The largest absolute Gasteiger partial charge is 0.339 e. The fourth-order valence-corrected chi connectivity index (χ4v) is 4.34. The maximum Gasteiger partial charge on any atom is 0.211 e. The molecule has 1 fully saturated rings. The number of nitrogens with two attached hydrogens (primary N) is 1. The Balaban J connectivity index is 0.000000192. The van der Waals surface area contributed by atoms with E-state index < -0.39 is 0 Å². The average molecular weight is 423 g/mol. The molecule has 31 heavy (non-hydrogen) atoms. The molecule has 4 heterocycles. The van der Waals surface area contributed by atoms with Crippen molar-refractivity contribution in [2.24, 2.45) is 5.73 Å². The van der Waals surface area contributed by atoms with Crippen LogP contribution in [0.3, 0.4) is 0 Å². The summed E-state index contributed by atoms with van der Waals surface area (Å²) >= 11 is 0. The van der Waals surface area contributed by atoms with E-state index in [0.29, 0.717) is 0 Å². The summed E-state index contributed by atoms with van der Waals surface area (Å²) in [7, 11) is 1.93. The van der Waals surface area contributed by atoms with Crippen LogP contribution in [0.15, 0.2) is 36.8 Å². The minimum absolute atomic E-state index is 0.725. The summed E-state index contributed by atoms with van der Waals surface area (Å²) in [5, 5.41) is 3.14. The molecule has 0 bridgehead atoms. The lowest BCUT2D eigenvalue weighted by molar-refractivity contribution is 0.263. The van der Waals surface area contributed by atoms with Gasteiger partial charge in [-0.25, -0.2) is 9.97 Å². The lowest BCUT2D eigenvalue weighted by atomic mass is 9.96. The quantitative estimate of drug-likeness (QED) is 0.644. The zero-order valence-corrected chi connectivity index (χ0v) is 18.5. The van der Waals surface area contributed by atoms with Gasteiger partial charge in [-0.15, -0.1) is 0 Å². The van der Waals surface area contributed by atoms with E-state index in [-0.39, 0.29) is 0 Å². The van der Waals surface area contributed by atoms with Crippen LogP contribution in [0.2, 0.25) is 0 Å². The molecule has 0 amide bonds. The van der Waals surface area contributed by atoms with Gasteiger partial charge in [0.2, 0.25) is 5.95 Å². The van der Waals surface area contributed by atoms with E-state index in [0.717, 1.165) is 63.1 Å². The lowest BCUT2D eigenvalue weighted by Gasteiger charge is -2.35. The van der Waals surface area contributed by atoms with Crippen molar-refractivity contribution >= 4 is 11.6 Å². The highest BCUT2D eigenvalue weighted by Crippen LogP contribution is 2.18. The maximum atomic E-state index is 5.62. The number of nitrogens with zero attached hydrogens (tertiary/aromatic N) is 6. The molecule has 0 saturated carbocycles. The van der Waals surface area contributed by atoms with E-state index in [4.69, 9.17) is 5.73 Å². The Kier molecular flexibility index (Phi) is 7.45. The molecule has 8 nitrogen and oxygen atoms in total. The lowest BCUT2D eigenvalue weighted by Crippen LogP contribution is -2.48. The smallest absolute Gasteiger partial charge is 0.211 e. The number of anilines is 1. The second-order valence-corrected chi connectivity index (χ2v) is 8.17. The summed E-state index contributed by atoms with van der Waals surface area (Å²) in [5.41, 5.74) is 10.4. The fraction of sp³-hybridized carbons (Fsp3) is 0.522. The van der Waals surface area contributed by atoms with Gasteiger partial charge < -0.3 is 16.0 Å². The van der Waals surface area contributed by atoms with E-state index in [2.05, 4.69) is 46.7 Å². The number of pyridine rings is 1. The van der Waals surface area contributed by atoms with Crippen LogP contribution >= 0.6 is 0 Å². The Hall–Kier alpha value is -2.55. The molecule has 0 spiro atoms. The Morgan fingerprint density at radius 1 is 1.03 bits per heavy atom. The summed E-state index contributed by atoms with van der Waals surface area (Å²) < 4.78 is 2.09. The molecule has 0 radical (unpaired) electrons. The van der Waals surface area contributed by atoms with Gasteiger partial charge in [0.25, 0.3) is 0 Å². The van der Waals surface area contributed by atoms with Gasteiger partial charge in [0.15, 0.2) is 0 Å². The van der Waals surface area contributed by atoms with Gasteiger partial charge in [-0.05, 0) is 50.4 Å².